The summed E-state index contributed by atoms with van der Waals surface area (Å²) in [7, 11) is 0. The number of aryl methyl sites for hydroxylation is 2. The molecule has 1 fully saturated rings. The van der Waals surface area contributed by atoms with Gasteiger partial charge in [0.15, 0.2) is 0 Å². The Labute approximate surface area is 127 Å². The Hall–Kier alpha value is -1.76. The lowest BCUT2D eigenvalue weighted by Crippen LogP contribution is -2.30. The van der Waals surface area contributed by atoms with Crippen molar-refractivity contribution in [2.45, 2.75) is 51.4 Å². The predicted molar refractivity (Wildman–Crippen MR) is 87.9 cm³/mol. The lowest BCUT2D eigenvalue weighted by Gasteiger charge is -2.39. The molecule has 1 aliphatic rings. The van der Waals surface area contributed by atoms with Crippen molar-refractivity contribution in [1.82, 2.24) is 0 Å². The van der Waals surface area contributed by atoms with Crippen LogP contribution in [-0.2, 0) is 5.41 Å². The zero-order valence-electron chi connectivity index (χ0n) is 13.0. The lowest BCUT2D eigenvalue weighted by atomic mass is 9.65. The molecule has 0 aliphatic heterocycles. The fraction of sp³-hybridized carbons (Fsp3) is 0.400. The van der Waals surface area contributed by atoms with Crippen molar-refractivity contribution in [3.8, 4) is 5.75 Å². The molecule has 110 valence electrons. The first-order chi connectivity index (χ1) is 10.1. The highest BCUT2D eigenvalue weighted by Gasteiger charge is 2.35. The Morgan fingerprint density at radius 2 is 1.57 bits per heavy atom. The van der Waals surface area contributed by atoms with Crippen molar-refractivity contribution >= 4 is 0 Å². The van der Waals surface area contributed by atoms with E-state index in [0.29, 0.717) is 5.75 Å². The number of hydrogen-bond acceptors (Lipinski definition) is 1. The van der Waals surface area contributed by atoms with E-state index in [1.807, 2.05) is 13.0 Å². The van der Waals surface area contributed by atoms with E-state index in [1.54, 1.807) is 0 Å². The SMILES string of the molecule is Cc1cccc(C2(c3ccc(O)c(C)c3)CCCCC2)c1. The second-order valence-corrected chi connectivity index (χ2v) is 6.51. The third-order valence-electron chi connectivity index (χ3n) is 5.03. The topological polar surface area (TPSA) is 20.2 Å². The average molecular weight is 280 g/mol. The van der Waals surface area contributed by atoms with Gasteiger partial charge in [0.25, 0.3) is 0 Å². The van der Waals surface area contributed by atoms with Crippen molar-refractivity contribution < 1.29 is 5.11 Å². The Morgan fingerprint density at radius 3 is 2.24 bits per heavy atom. The minimum atomic E-state index is 0.128. The van der Waals surface area contributed by atoms with Gasteiger partial charge in [0.1, 0.15) is 5.75 Å². The van der Waals surface area contributed by atoms with Gasteiger partial charge >= 0.3 is 0 Å². The number of hydrogen-bond donors (Lipinski definition) is 1. The maximum atomic E-state index is 9.84. The summed E-state index contributed by atoms with van der Waals surface area (Å²) in [6, 6.07) is 15.1. The predicted octanol–water partition coefficient (Wildman–Crippen LogP) is 5.26. The summed E-state index contributed by atoms with van der Waals surface area (Å²) in [5.74, 6) is 0.397. The number of phenolic OH excluding ortho intramolecular Hbond substituents is 1. The van der Waals surface area contributed by atoms with Crippen LogP contribution in [0.25, 0.3) is 0 Å². The molecular formula is C20H24O. The second-order valence-electron chi connectivity index (χ2n) is 6.51. The van der Waals surface area contributed by atoms with Crippen molar-refractivity contribution in [3.63, 3.8) is 0 Å². The normalized spacial score (nSPS) is 17.6. The summed E-state index contributed by atoms with van der Waals surface area (Å²) in [6.07, 6.45) is 6.33. The standard InChI is InChI=1S/C20H24O/c1-15-7-6-8-17(13-15)20(11-4-3-5-12-20)18-9-10-19(21)16(2)14-18/h6-10,13-14,21H,3-5,11-12H2,1-2H3. The largest absolute Gasteiger partial charge is 0.508 e. The number of benzene rings is 2. The fourth-order valence-corrected chi connectivity index (χ4v) is 3.80. The molecular weight excluding hydrogens is 256 g/mol. The maximum Gasteiger partial charge on any atom is 0.118 e. The van der Waals surface area contributed by atoms with Crippen LogP contribution in [0.2, 0.25) is 0 Å². The molecule has 0 radical (unpaired) electrons. The van der Waals surface area contributed by atoms with Gasteiger partial charge in [0.05, 0.1) is 0 Å². The smallest absolute Gasteiger partial charge is 0.118 e. The fourth-order valence-electron chi connectivity index (χ4n) is 3.80. The van der Waals surface area contributed by atoms with Crippen molar-refractivity contribution in [2.75, 3.05) is 0 Å². The third kappa shape index (κ3) is 2.57. The molecule has 0 unspecified atom stereocenters. The van der Waals surface area contributed by atoms with Crippen LogP contribution in [0, 0.1) is 13.8 Å². The molecule has 2 aromatic rings. The molecule has 1 aliphatic carbocycles. The van der Waals surface area contributed by atoms with E-state index in [1.165, 1.54) is 48.8 Å². The molecule has 0 spiro atoms. The van der Waals surface area contributed by atoms with Gasteiger partial charge in [-0.15, -0.1) is 0 Å². The van der Waals surface area contributed by atoms with E-state index in [0.717, 1.165) is 5.56 Å². The molecule has 1 nitrogen and oxygen atoms in total. The number of phenols is 1. The van der Waals surface area contributed by atoms with Crippen LogP contribution in [-0.4, -0.2) is 5.11 Å². The molecule has 21 heavy (non-hydrogen) atoms. The Balaban J connectivity index is 2.14. The average Bonchev–Trinajstić information content (AvgIpc) is 2.51. The van der Waals surface area contributed by atoms with Crippen molar-refractivity contribution in [2.24, 2.45) is 0 Å². The summed E-state index contributed by atoms with van der Waals surface area (Å²) in [6.45, 7) is 4.16. The highest BCUT2D eigenvalue weighted by Crippen LogP contribution is 2.45. The van der Waals surface area contributed by atoms with Gasteiger partial charge in [-0.05, 0) is 49.4 Å². The third-order valence-corrected chi connectivity index (χ3v) is 5.03. The van der Waals surface area contributed by atoms with Crippen LogP contribution in [0.1, 0.15) is 54.4 Å². The van der Waals surface area contributed by atoms with E-state index in [2.05, 4.69) is 43.3 Å². The van der Waals surface area contributed by atoms with Gasteiger partial charge in [-0.2, -0.15) is 0 Å². The highest BCUT2D eigenvalue weighted by atomic mass is 16.3. The first-order valence-electron chi connectivity index (χ1n) is 7.99. The molecule has 0 saturated heterocycles. The van der Waals surface area contributed by atoms with E-state index < -0.39 is 0 Å². The Bertz CT molecular complexity index is 636. The molecule has 0 heterocycles. The van der Waals surface area contributed by atoms with Crippen LogP contribution in [0.5, 0.6) is 5.75 Å². The van der Waals surface area contributed by atoms with Crippen molar-refractivity contribution in [1.29, 1.82) is 0 Å². The molecule has 3 rings (SSSR count). The molecule has 0 bridgehead atoms. The lowest BCUT2D eigenvalue weighted by molar-refractivity contribution is 0.345. The summed E-state index contributed by atoms with van der Waals surface area (Å²) in [5.41, 5.74) is 5.23. The molecule has 0 atom stereocenters. The van der Waals surface area contributed by atoms with Gasteiger partial charge in [-0.3, -0.25) is 0 Å². The second kappa shape index (κ2) is 5.55. The molecule has 0 amide bonds. The van der Waals surface area contributed by atoms with Crippen LogP contribution in [0.4, 0.5) is 0 Å². The van der Waals surface area contributed by atoms with E-state index in [4.69, 9.17) is 0 Å². The first-order valence-corrected chi connectivity index (χ1v) is 7.99. The van der Waals surface area contributed by atoms with Gasteiger partial charge in [0.2, 0.25) is 0 Å². The van der Waals surface area contributed by atoms with E-state index >= 15 is 0 Å². The monoisotopic (exact) mass is 280 g/mol. The van der Waals surface area contributed by atoms with Crippen molar-refractivity contribution in [3.05, 3.63) is 64.7 Å². The molecule has 0 aromatic heterocycles. The van der Waals surface area contributed by atoms with Gasteiger partial charge in [0, 0.05) is 5.41 Å². The van der Waals surface area contributed by atoms with Crippen LogP contribution < -0.4 is 0 Å². The zero-order chi connectivity index (χ0) is 14.9. The van der Waals surface area contributed by atoms with Crippen LogP contribution in [0.15, 0.2) is 42.5 Å². The van der Waals surface area contributed by atoms with Crippen LogP contribution in [0.3, 0.4) is 0 Å². The highest BCUT2D eigenvalue weighted by molar-refractivity contribution is 5.45. The first kappa shape index (κ1) is 14.2. The van der Waals surface area contributed by atoms with Gasteiger partial charge in [-0.1, -0.05) is 61.2 Å². The Morgan fingerprint density at radius 1 is 0.857 bits per heavy atom. The van der Waals surface area contributed by atoms with E-state index in [9.17, 15) is 5.11 Å². The Kier molecular flexibility index (Phi) is 3.75. The molecule has 1 heteroatoms. The minimum Gasteiger partial charge on any atom is -0.508 e. The summed E-state index contributed by atoms with van der Waals surface area (Å²) in [5, 5.41) is 9.84. The van der Waals surface area contributed by atoms with Crippen LogP contribution >= 0.6 is 0 Å². The number of aromatic hydroxyl groups is 1. The minimum absolute atomic E-state index is 0.128. The quantitative estimate of drug-likeness (QED) is 0.795. The zero-order valence-corrected chi connectivity index (χ0v) is 13.0. The summed E-state index contributed by atoms with van der Waals surface area (Å²) in [4.78, 5) is 0. The maximum absolute atomic E-state index is 9.84. The molecule has 1 saturated carbocycles. The van der Waals surface area contributed by atoms with Gasteiger partial charge < -0.3 is 5.11 Å². The van der Waals surface area contributed by atoms with E-state index in [-0.39, 0.29) is 5.41 Å². The summed E-state index contributed by atoms with van der Waals surface area (Å²) < 4.78 is 0. The molecule has 2 aromatic carbocycles. The number of rotatable bonds is 2. The van der Waals surface area contributed by atoms with Gasteiger partial charge in [-0.25, -0.2) is 0 Å². The summed E-state index contributed by atoms with van der Waals surface area (Å²) >= 11 is 0. The molecule has 1 N–H and O–H groups in total.